The van der Waals surface area contributed by atoms with Gasteiger partial charge in [-0.1, -0.05) is 37.1 Å². The molecule has 0 unspecified atom stereocenters. The predicted molar refractivity (Wildman–Crippen MR) is 136 cm³/mol. The van der Waals surface area contributed by atoms with Gasteiger partial charge in [-0.25, -0.2) is 14.8 Å². The Morgan fingerprint density at radius 3 is 2.74 bits per heavy atom. The highest BCUT2D eigenvalue weighted by atomic mass is 35.5. The third kappa shape index (κ3) is 5.73. The average Bonchev–Trinajstić information content (AvgIpc) is 3.24. The van der Waals surface area contributed by atoms with Crippen molar-refractivity contribution in [3.05, 3.63) is 70.3 Å². The van der Waals surface area contributed by atoms with Crippen molar-refractivity contribution in [2.24, 2.45) is 23.7 Å². The number of nitrogens with zero attached hydrogens (tertiary/aromatic N) is 2. The third-order valence-electron chi connectivity index (χ3n) is 6.96. The van der Waals surface area contributed by atoms with Crippen molar-refractivity contribution in [3.63, 3.8) is 0 Å². The van der Waals surface area contributed by atoms with Crippen LogP contribution in [0.5, 0.6) is 0 Å². The normalized spacial score (nSPS) is 20.1. The molecule has 2 aromatic heterocycles. The van der Waals surface area contributed by atoms with Gasteiger partial charge in [-0.15, -0.1) is 0 Å². The second-order valence-corrected chi connectivity index (χ2v) is 9.99. The largest absolute Gasteiger partial charge is 0.465 e. The minimum atomic E-state index is -0.362. The fourth-order valence-electron chi connectivity index (χ4n) is 5.00. The number of halogens is 1. The second kappa shape index (κ2) is 10.6. The van der Waals surface area contributed by atoms with Crippen molar-refractivity contribution in [1.29, 1.82) is 0 Å². The van der Waals surface area contributed by atoms with Crippen LogP contribution in [0.25, 0.3) is 11.0 Å². The Labute approximate surface area is 210 Å². The number of H-pyrrole nitrogens is 1. The first-order valence-corrected chi connectivity index (χ1v) is 12.3. The van der Waals surface area contributed by atoms with E-state index in [1.54, 1.807) is 24.3 Å². The minimum Gasteiger partial charge on any atom is -0.465 e. The summed E-state index contributed by atoms with van der Waals surface area (Å²) in [4.78, 5) is 36.5. The van der Waals surface area contributed by atoms with E-state index in [0.29, 0.717) is 40.6 Å². The molecule has 35 heavy (non-hydrogen) atoms. The van der Waals surface area contributed by atoms with E-state index in [1.807, 2.05) is 6.07 Å². The summed E-state index contributed by atoms with van der Waals surface area (Å²) >= 11 is 5.93. The van der Waals surface area contributed by atoms with Gasteiger partial charge in [0.2, 0.25) is 0 Å². The summed E-state index contributed by atoms with van der Waals surface area (Å²) in [6.07, 6.45) is 5.67. The highest BCUT2D eigenvalue weighted by Crippen LogP contribution is 2.38. The summed E-state index contributed by atoms with van der Waals surface area (Å²) in [5.41, 5.74) is 3.99. The molecule has 1 aliphatic rings. The zero-order valence-corrected chi connectivity index (χ0v) is 21.2. The minimum absolute atomic E-state index is 0.140. The van der Waals surface area contributed by atoms with Crippen molar-refractivity contribution in [1.82, 2.24) is 20.3 Å². The SMILES string of the molecule is COC(=O)c1ccc2nc(C[C@@H]3C[C@@H](C(C)C)[C@H](CNC(=O)c4ccnc(Cl)c4)C=C3C)[nH]c2c1. The first kappa shape index (κ1) is 24.9. The smallest absolute Gasteiger partial charge is 0.337 e. The van der Waals surface area contributed by atoms with Gasteiger partial charge < -0.3 is 15.0 Å². The Bertz CT molecular complexity index is 1270. The lowest BCUT2D eigenvalue weighted by molar-refractivity contribution is 0.0600. The van der Waals surface area contributed by atoms with E-state index in [9.17, 15) is 9.59 Å². The highest BCUT2D eigenvalue weighted by molar-refractivity contribution is 6.29. The standard InChI is InChI=1S/C27H31ClN4O3/c1-15(2)21-10-19(13-25-31-22-6-5-18(27(34)35-4)11-23(22)32-25)16(3)9-20(21)14-30-26(33)17-7-8-29-24(28)12-17/h5-9,11-12,15,19-21H,10,13-14H2,1-4H3,(H,30,33)(H,31,32)/t19-,20-,21-/m0/s1. The number of fused-ring (bicyclic) bond motifs is 1. The molecular formula is C27H31ClN4O3. The monoisotopic (exact) mass is 494 g/mol. The lowest BCUT2D eigenvalue weighted by atomic mass is 9.69. The van der Waals surface area contributed by atoms with Crippen LogP contribution in [-0.4, -0.2) is 40.5 Å². The van der Waals surface area contributed by atoms with Crippen LogP contribution >= 0.6 is 11.6 Å². The van der Waals surface area contributed by atoms with Crippen molar-refractivity contribution in [2.75, 3.05) is 13.7 Å². The van der Waals surface area contributed by atoms with Crippen molar-refractivity contribution >= 4 is 34.5 Å². The summed E-state index contributed by atoms with van der Waals surface area (Å²) in [6.45, 7) is 7.22. The highest BCUT2D eigenvalue weighted by Gasteiger charge is 2.32. The summed E-state index contributed by atoms with van der Waals surface area (Å²) in [5, 5.41) is 3.38. The van der Waals surface area contributed by atoms with Gasteiger partial charge in [0, 0.05) is 24.7 Å². The van der Waals surface area contributed by atoms with Gasteiger partial charge in [-0.05, 0) is 67.3 Å². The second-order valence-electron chi connectivity index (χ2n) is 9.60. The molecule has 2 heterocycles. The molecule has 0 saturated carbocycles. The number of rotatable bonds is 7. The molecule has 1 amide bonds. The number of aromatic nitrogens is 3. The Balaban J connectivity index is 1.47. The summed E-state index contributed by atoms with van der Waals surface area (Å²) in [6, 6.07) is 8.61. The van der Waals surface area contributed by atoms with Gasteiger partial charge in [0.05, 0.1) is 23.7 Å². The van der Waals surface area contributed by atoms with E-state index in [-0.39, 0.29) is 17.8 Å². The Kier molecular flexibility index (Phi) is 7.55. The van der Waals surface area contributed by atoms with Crippen LogP contribution in [0.3, 0.4) is 0 Å². The van der Waals surface area contributed by atoms with Crippen molar-refractivity contribution in [3.8, 4) is 0 Å². The van der Waals surface area contributed by atoms with Crippen LogP contribution < -0.4 is 5.32 Å². The molecule has 7 nitrogen and oxygen atoms in total. The number of benzene rings is 1. The molecule has 8 heteroatoms. The maximum atomic E-state index is 12.6. The van der Waals surface area contributed by atoms with Crippen LogP contribution in [-0.2, 0) is 11.2 Å². The van der Waals surface area contributed by atoms with Crippen LogP contribution in [0.4, 0.5) is 0 Å². The quantitative estimate of drug-likeness (QED) is 0.266. The number of ether oxygens (including phenoxy) is 1. The first-order valence-electron chi connectivity index (χ1n) is 11.9. The Morgan fingerprint density at radius 2 is 2.03 bits per heavy atom. The van der Waals surface area contributed by atoms with Crippen molar-refractivity contribution < 1.29 is 14.3 Å². The average molecular weight is 495 g/mol. The lowest BCUT2D eigenvalue weighted by Crippen LogP contribution is -2.37. The number of methoxy groups -OCH3 is 1. The number of carbonyl (C=O) groups excluding carboxylic acids is 2. The van der Waals surface area contributed by atoms with Gasteiger partial charge in [-0.2, -0.15) is 0 Å². The molecule has 2 N–H and O–H groups in total. The fourth-order valence-corrected chi connectivity index (χ4v) is 5.18. The van der Waals surface area contributed by atoms with Crippen LogP contribution in [0, 0.1) is 23.7 Å². The molecule has 0 aliphatic heterocycles. The van der Waals surface area contributed by atoms with Crippen molar-refractivity contribution in [2.45, 2.75) is 33.6 Å². The van der Waals surface area contributed by atoms with Gasteiger partial charge >= 0.3 is 5.97 Å². The summed E-state index contributed by atoms with van der Waals surface area (Å²) < 4.78 is 4.82. The summed E-state index contributed by atoms with van der Waals surface area (Å²) in [7, 11) is 1.38. The van der Waals surface area contributed by atoms with E-state index >= 15 is 0 Å². The molecule has 184 valence electrons. The lowest BCUT2D eigenvalue weighted by Gasteiger charge is -2.37. The number of aromatic amines is 1. The van der Waals surface area contributed by atoms with Gasteiger partial charge in [-0.3, -0.25) is 4.79 Å². The molecule has 0 fully saturated rings. The molecule has 1 aromatic carbocycles. The number of hydrogen-bond donors (Lipinski definition) is 2. The maximum absolute atomic E-state index is 12.6. The van der Waals surface area contributed by atoms with E-state index in [0.717, 1.165) is 29.7 Å². The number of nitrogens with one attached hydrogen (secondary N) is 2. The molecule has 0 radical (unpaired) electrons. The topological polar surface area (TPSA) is 97.0 Å². The number of carbonyl (C=O) groups is 2. The fraction of sp³-hybridized carbons (Fsp3) is 0.407. The molecule has 3 aromatic rings. The summed E-state index contributed by atoms with van der Waals surface area (Å²) in [5.74, 6) is 1.92. The maximum Gasteiger partial charge on any atom is 0.337 e. The Morgan fingerprint density at radius 1 is 1.23 bits per heavy atom. The van der Waals surface area contributed by atoms with E-state index in [1.165, 1.54) is 18.9 Å². The Hall–Kier alpha value is -3.19. The molecule has 0 spiro atoms. The number of esters is 1. The van der Waals surface area contributed by atoms with Crippen LogP contribution in [0.15, 0.2) is 48.2 Å². The molecule has 3 atom stereocenters. The molecule has 0 saturated heterocycles. The zero-order valence-electron chi connectivity index (χ0n) is 20.5. The molecular weight excluding hydrogens is 464 g/mol. The number of hydrogen-bond acceptors (Lipinski definition) is 5. The zero-order chi connectivity index (χ0) is 25.1. The van der Waals surface area contributed by atoms with Crippen LogP contribution in [0.2, 0.25) is 5.15 Å². The van der Waals surface area contributed by atoms with E-state index in [4.69, 9.17) is 21.3 Å². The molecule has 1 aliphatic carbocycles. The predicted octanol–water partition coefficient (Wildman–Crippen LogP) is 5.23. The number of pyridine rings is 1. The number of imidazole rings is 1. The van der Waals surface area contributed by atoms with Gasteiger partial charge in [0.1, 0.15) is 11.0 Å². The van der Waals surface area contributed by atoms with Gasteiger partial charge in [0.15, 0.2) is 0 Å². The third-order valence-corrected chi connectivity index (χ3v) is 7.17. The first-order chi connectivity index (χ1) is 16.7. The van der Waals surface area contributed by atoms with E-state index in [2.05, 4.69) is 42.1 Å². The van der Waals surface area contributed by atoms with E-state index < -0.39 is 0 Å². The number of allylic oxidation sites excluding steroid dienone is 1. The van der Waals surface area contributed by atoms with Gasteiger partial charge in [0.25, 0.3) is 5.91 Å². The molecule has 4 rings (SSSR count). The van der Waals surface area contributed by atoms with Crippen LogP contribution in [0.1, 0.15) is 53.7 Å². The molecule has 0 bridgehead atoms. The number of amides is 1.